The fourth-order valence-electron chi connectivity index (χ4n) is 3.53. The van der Waals surface area contributed by atoms with Crippen LogP contribution in [0.15, 0.2) is 66.7 Å². The van der Waals surface area contributed by atoms with Crippen molar-refractivity contribution in [3.8, 4) is 17.3 Å². The Morgan fingerprint density at radius 2 is 1.45 bits per heavy atom. The topological polar surface area (TPSA) is 74.1 Å². The maximum atomic E-state index is 5.42. The zero-order chi connectivity index (χ0) is 21.8. The highest BCUT2D eigenvalue weighted by atomic mass is 16.5. The van der Waals surface area contributed by atoms with E-state index in [4.69, 9.17) is 9.47 Å². The molecule has 0 amide bonds. The number of nitrogens with zero attached hydrogens (tertiary/aromatic N) is 4. The first kappa shape index (κ1) is 20.4. The molecule has 0 saturated heterocycles. The van der Waals surface area contributed by atoms with Crippen LogP contribution in [0.3, 0.4) is 0 Å². The number of aromatic nitrogens is 4. The second-order valence-corrected chi connectivity index (χ2v) is 7.25. The van der Waals surface area contributed by atoms with Gasteiger partial charge in [0.2, 0.25) is 0 Å². The Hall–Kier alpha value is -3.87. The Morgan fingerprint density at radius 3 is 1.94 bits per heavy atom. The monoisotopic (exact) mass is 415 g/mol. The van der Waals surface area contributed by atoms with E-state index in [0.29, 0.717) is 11.6 Å². The Kier molecular flexibility index (Phi) is 5.84. The van der Waals surface area contributed by atoms with Crippen molar-refractivity contribution in [1.29, 1.82) is 0 Å². The Labute approximate surface area is 181 Å². The number of anilines is 1. The molecule has 0 saturated carbocycles. The van der Waals surface area contributed by atoms with Crippen LogP contribution in [-0.2, 0) is 0 Å². The van der Waals surface area contributed by atoms with Crippen LogP contribution < -0.4 is 14.8 Å². The second-order valence-electron chi connectivity index (χ2n) is 7.25. The van der Waals surface area contributed by atoms with E-state index in [-0.39, 0.29) is 6.04 Å². The number of ether oxygens (including phenoxy) is 2. The lowest BCUT2D eigenvalue weighted by atomic mass is 9.98. The van der Waals surface area contributed by atoms with Crippen molar-refractivity contribution in [2.24, 2.45) is 0 Å². The van der Waals surface area contributed by atoms with Crippen LogP contribution in [0.1, 0.15) is 28.6 Å². The summed E-state index contributed by atoms with van der Waals surface area (Å²) in [5.74, 6) is 2.91. The molecule has 2 aromatic heterocycles. The van der Waals surface area contributed by atoms with E-state index in [2.05, 4.69) is 32.7 Å². The number of rotatable bonds is 7. The summed E-state index contributed by atoms with van der Waals surface area (Å²) in [7, 11) is 3.33. The molecule has 4 rings (SSSR count). The molecule has 2 heterocycles. The summed E-state index contributed by atoms with van der Waals surface area (Å²) in [5.41, 5.74) is 4.03. The van der Waals surface area contributed by atoms with Crippen molar-refractivity contribution >= 4 is 5.82 Å². The molecule has 0 aliphatic heterocycles. The summed E-state index contributed by atoms with van der Waals surface area (Å²) in [4.78, 5) is 0. The van der Waals surface area contributed by atoms with Crippen LogP contribution in [0.5, 0.6) is 11.5 Å². The minimum atomic E-state index is -0.168. The third-order valence-corrected chi connectivity index (χ3v) is 5.02. The summed E-state index contributed by atoms with van der Waals surface area (Å²) in [6, 6.07) is 21.6. The number of hydrogen-bond donors (Lipinski definition) is 1. The summed E-state index contributed by atoms with van der Waals surface area (Å²) in [5, 5.41) is 16.7. The molecule has 0 unspecified atom stereocenters. The van der Waals surface area contributed by atoms with Crippen LogP contribution in [-0.4, -0.2) is 34.2 Å². The van der Waals surface area contributed by atoms with Crippen LogP contribution in [0.2, 0.25) is 0 Å². The Balaban J connectivity index is 1.68. The summed E-state index contributed by atoms with van der Waals surface area (Å²) in [6.45, 7) is 3.95. The van der Waals surface area contributed by atoms with Gasteiger partial charge in [-0.2, -0.15) is 5.10 Å². The molecule has 0 spiro atoms. The van der Waals surface area contributed by atoms with Gasteiger partial charge in [0.15, 0.2) is 5.82 Å². The van der Waals surface area contributed by atoms with E-state index in [1.54, 1.807) is 18.9 Å². The zero-order valence-corrected chi connectivity index (χ0v) is 18.0. The maximum absolute atomic E-state index is 5.42. The molecule has 0 aliphatic rings. The van der Waals surface area contributed by atoms with Gasteiger partial charge in [-0.3, -0.25) is 0 Å². The quantitative estimate of drug-likeness (QED) is 0.479. The number of nitrogens with one attached hydrogen (secondary N) is 1. The van der Waals surface area contributed by atoms with Gasteiger partial charge in [0.1, 0.15) is 17.3 Å². The van der Waals surface area contributed by atoms with E-state index in [1.165, 1.54) is 0 Å². The van der Waals surface area contributed by atoms with E-state index in [0.717, 1.165) is 34.0 Å². The lowest BCUT2D eigenvalue weighted by molar-refractivity contribution is 0.413. The number of methoxy groups -OCH3 is 2. The van der Waals surface area contributed by atoms with Crippen LogP contribution in [0, 0.1) is 13.8 Å². The normalized spacial score (nSPS) is 10.9. The number of aryl methyl sites for hydroxylation is 2. The van der Waals surface area contributed by atoms with Crippen LogP contribution in [0.4, 0.5) is 5.82 Å². The highest BCUT2D eigenvalue weighted by molar-refractivity contribution is 5.47. The lowest BCUT2D eigenvalue weighted by Crippen LogP contribution is -2.14. The molecular formula is C24H25N5O2. The molecule has 158 valence electrons. The minimum absolute atomic E-state index is 0.168. The molecule has 7 nitrogen and oxygen atoms in total. The summed E-state index contributed by atoms with van der Waals surface area (Å²) in [6.07, 6.45) is 0. The largest absolute Gasteiger partial charge is 0.497 e. The first-order chi connectivity index (χ1) is 15.1. The first-order valence-electron chi connectivity index (χ1n) is 9.99. The highest BCUT2D eigenvalue weighted by Crippen LogP contribution is 2.30. The van der Waals surface area contributed by atoms with Crippen molar-refractivity contribution in [2.75, 3.05) is 19.5 Å². The van der Waals surface area contributed by atoms with Gasteiger partial charge in [0.25, 0.3) is 0 Å². The molecule has 0 radical (unpaired) electrons. The fourth-order valence-corrected chi connectivity index (χ4v) is 3.53. The van der Waals surface area contributed by atoms with E-state index < -0.39 is 0 Å². The smallest absolute Gasteiger partial charge is 0.176 e. The molecule has 0 aliphatic carbocycles. The van der Waals surface area contributed by atoms with Crippen molar-refractivity contribution in [2.45, 2.75) is 19.9 Å². The average Bonchev–Trinajstić information content (AvgIpc) is 3.15. The third kappa shape index (κ3) is 4.50. The highest BCUT2D eigenvalue weighted by Gasteiger charge is 2.17. The van der Waals surface area contributed by atoms with Crippen molar-refractivity contribution in [3.63, 3.8) is 0 Å². The number of hydrogen-bond acceptors (Lipinski definition) is 6. The molecule has 4 aromatic rings. The van der Waals surface area contributed by atoms with E-state index in [1.807, 2.05) is 68.4 Å². The van der Waals surface area contributed by atoms with Gasteiger partial charge in [-0.05, 0) is 67.4 Å². The molecule has 0 atom stereocenters. The predicted octanol–water partition coefficient (Wildman–Crippen LogP) is 4.50. The van der Waals surface area contributed by atoms with Gasteiger partial charge in [-0.15, -0.1) is 10.2 Å². The molecule has 31 heavy (non-hydrogen) atoms. The molecule has 7 heteroatoms. The van der Waals surface area contributed by atoms with Gasteiger partial charge >= 0.3 is 0 Å². The van der Waals surface area contributed by atoms with Gasteiger partial charge in [0, 0.05) is 5.69 Å². The van der Waals surface area contributed by atoms with E-state index >= 15 is 0 Å². The SMILES string of the molecule is COc1cccc(C(Nc2ccc(-n3nc(C)cc3C)nn2)c2cccc(OC)c2)c1. The van der Waals surface area contributed by atoms with E-state index in [9.17, 15) is 0 Å². The van der Waals surface area contributed by atoms with Crippen molar-refractivity contribution < 1.29 is 9.47 Å². The molecule has 0 fully saturated rings. The van der Waals surface area contributed by atoms with Crippen LogP contribution >= 0.6 is 0 Å². The summed E-state index contributed by atoms with van der Waals surface area (Å²) < 4.78 is 12.6. The third-order valence-electron chi connectivity index (χ3n) is 5.02. The summed E-state index contributed by atoms with van der Waals surface area (Å²) >= 11 is 0. The standard InChI is InChI=1S/C24H25N5O2/c1-16-13-17(2)29(28-16)23-12-11-22(26-27-23)25-24(18-7-5-9-20(14-18)30-3)19-8-6-10-21(15-19)31-4/h5-15,24H,1-4H3,(H,25,26). The zero-order valence-electron chi connectivity index (χ0n) is 18.0. The molecule has 1 N–H and O–H groups in total. The Bertz CT molecular complexity index is 1120. The van der Waals surface area contributed by atoms with Gasteiger partial charge in [0.05, 0.1) is 26.0 Å². The average molecular weight is 415 g/mol. The first-order valence-corrected chi connectivity index (χ1v) is 9.99. The Morgan fingerprint density at radius 1 is 0.806 bits per heavy atom. The predicted molar refractivity (Wildman–Crippen MR) is 120 cm³/mol. The van der Waals surface area contributed by atoms with Crippen LogP contribution in [0.25, 0.3) is 5.82 Å². The van der Waals surface area contributed by atoms with Crippen molar-refractivity contribution in [1.82, 2.24) is 20.0 Å². The molecule has 2 aromatic carbocycles. The fraction of sp³-hybridized carbons (Fsp3) is 0.208. The van der Waals surface area contributed by atoms with Gasteiger partial charge in [-0.25, -0.2) is 4.68 Å². The molecule has 0 bridgehead atoms. The minimum Gasteiger partial charge on any atom is -0.497 e. The van der Waals surface area contributed by atoms with Gasteiger partial charge < -0.3 is 14.8 Å². The second kappa shape index (κ2) is 8.87. The molecular weight excluding hydrogens is 390 g/mol. The maximum Gasteiger partial charge on any atom is 0.176 e. The van der Waals surface area contributed by atoms with Gasteiger partial charge in [-0.1, -0.05) is 24.3 Å². The lowest BCUT2D eigenvalue weighted by Gasteiger charge is -2.21. The number of benzene rings is 2. The van der Waals surface area contributed by atoms with Crippen molar-refractivity contribution in [3.05, 3.63) is 89.2 Å².